The Bertz CT molecular complexity index is 947. The largest absolute Gasteiger partial charge is 0.389 e. The molecule has 9 heteroatoms. The highest BCUT2D eigenvalue weighted by Crippen LogP contribution is 2.58. The lowest BCUT2D eigenvalue weighted by molar-refractivity contribution is -0.192. The summed E-state index contributed by atoms with van der Waals surface area (Å²) < 4.78 is 23.0. The molecule has 0 atom stereocenters. The Morgan fingerprint density at radius 3 is 2.14 bits per heavy atom. The summed E-state index contributed by atoms with van der Waals surface area (Å²) in [6.07, 6.45) is 1.66. The zero-order valence-electron chi connectivity index (χ0n) is 15.6. The third kappa shape index (κ3) is 3.92. The van der Waals surface area contributed by atoms with Crippen LogP contribution in [0.15, 0.2) is 60.8 Å². The summed E-state index contributed by atoms with van der Waals surface area (Å²) in [5, 5.41) is 8.72. The first-order valence-electron chi connectivity index (χ1n) is 8.83. The lowest BCUT2D eigenvalue weighted by Crippen LogP contribution is -2.33. The average molecular weight is 403 g/mol. The van der Waals surface area contributed by atoms with Gasteiger partial charge in [0.15, 0.2) is 0 Å². The van der Waals surface area contributed by atoms with E-state index in [9.17, 15) is 14.4 Å². The van der Waals surface area contributed by atoms with Crippen molar-refractivity contribution in [1.29, 1.82) is 0 Å². The summed E-state index contributed by atoms with van der Waals surface area (Å²) in [4.78, 5) is 21.2. The predicted octanol–water partition coefficient (Wildman–Crippen LogP) is 3.30. The topological polar surface area (TPSA) is 107 Å². The highest BCUT2D eigenvalue weighted by Gasteiger charge is 2.51. The molecule has 28 heavy (non-hydrogen) atoms. The molecule has 1 aromatic heterocycles. The minimum Gasteiger partial charge on any atom is -0.337 e. The molecular weight excluding hydrogens is 381 g/mol. The van der Waals surface area contributed by atoms with Crippen molar-refractivity contribution < 1.29 is 23.8 Å². The molecule has 0 aliphatic rings. The summed E-state index contributed by atoms with van der Waals surface area (Å²) in [5.41, 5.74) is 0.389. The van der Waals surface area contributed by atoms with Gasteiger partial charge in [0.2, 0.25) is 0 Å². The Hall–Kier alpha value is -2.35. The van der Waals surface area contributed by atoms with E-state index in [1.165, 1.54) is 4.80 Å². The van der Waals surface area contributed by atoms with Gasteiger partial charge in [0.05, 0.1) is 11.9 Å². The summed E-state index contributed by atoms with van der Waals surface area (Å²) in [6.45, 7) is 3.45. The first-order valence-corrected chi connectivity index (χ1v) is 10.4. The molecule has 2 aromatic carbocycles. The lowest BCUT2D eigenvalue weighted by atomic mass is 10.2. The minimum atomic E-state index is -4.77. The number of benzene rings is 2. The fourth-order valence-electron chi connectivity index (χ4n) is 2.87. The summed E-state index contributed by atoms with van der Waals surface area (Å²) in [5.74, 6) is 0. The molecule has 0 spiro atoms. The van der Waals surface area contributed by atoms with Gasteiger partial charge in [0, 0.05) is 24.3 Å². The zero-order chi connectivity index (χ0) is 20.2. The molecule has 0 aliphatic heterocycles. The van der Waals surface area contributed by atoms with Crippen LogP contribution in [0.4, 0.5) is 0 Å². The SMILES string of the molecule is CCOC(OCC)(c1ccc(-n2ncc(-c3ccccc3)n2)cc1)P(=O)(O)O. The fraction of sp³-hybridized carbons (Fsp3) is 0.263. The van der Waals surface area contributed by atoms with Crippen molar-refractivity contribution in [3.63, 3.8) is 0 Å². The van der Waals surface area contributed by atoms with Gasteiger partial charge >= 0.3 is 7.60 Å². The second-order valence-corrected chi connectivity index (χ2v) is 7.60. The lowest BCUT2D eigenvalue weighted by Gasteiger charge is -2.33. The molecular formula is C19H22N3O5P. The monoisotopic (exact) mass is 403 g/mol. The highest BCUT2D eigenvalue weighted by molar-refractivity contribution is 7.52. The first kappa shape index (κ1) is 20.4. The summed E-state index contributed by atoms with van der Waals surface area (Å²) >= 11 is 0. The quantitative estimate of drug-likeness (QED) is 0.439. The summed E-state index contributed by atoms with van der Waals surface area (Å²) in [6, 6.07) is 16.1. The van der Waals surface area contributed by atoms with Crippen LogP contribution in [-0.2, 0) is 19.6 Å². The van der Waals surface area contributed by atoms with E-state index < -0.39 is 13.1 Å². The molecule has 3 aromatic rings. The van der Waals surface area contributed by atoms with Gasteiger partial charge in [-0.05, 0) is 26.0 Å². The molecule has 148 valence electrons. The van der Waals surface area contributed by atoms with E-state index >= 15 is 0 Å². The molecule has 0 amide bonds. The van der Waals surface area contributed by atoms with Crippen molar-refractivity contribution in [3.05, 3.63) is 66.4 Å². The molecule has 0 unspecified atom stereocenters. The van der Waals surface area contributed by atoms with Gasteiger partial charge in [-0.3, -0.25) is 4.57 Å². The molecule has 0 saturated carbocycles. The van der Waals surface area contributed by atoms with Crippen LogP contribution in [0.5, 0.6) is 0 Å². The zero-order valence-corrected chi connectivity index (χ0v) is 16.5. The van der Waals surface area contributed by atoms with Crippen molar-refractivity contribution in [2.24, 2.45) is 0 Å². The maximum atomic E-state index is 12.2. The molecule has 0 radical (unpaired) electrons. The van der Waals surface area contributed by atoms with Crippen LogP contribution < -0.4 is 0 Å². The molecule has 0 fully saturated rings. The van der Waals surface area contributed by atoms with Crippen LogP contribution in [-0.4, -0.2) is 38.0 Å². The van der Waals surface area contributed by atoms with Crippen molar-refractivity contribution in [2.45, 2.75) is 19.4 Å². The van der Waals surface area contributed by atoms with E-state index in [1.807, 2.05) is 30.3 Å². The fourth-order valence-corrected chi connectivity index (χ4v) is 3.95. The Morgan fingerprint density at radius 1 is 1.00 bits per heavy atom. The van der Waals surface area contributed by atoms with Gasteiger partial charge < -0.3 is 19.3 Å². The average Bonchev–Trinajstić information content (AvgIpc) is 3.18. The van der Waals surface area contributed by atoms with Crippen molar-refractivity contribution in [2.75, 3.05) is 13.2 Å². The van der Waals surface area contributed by atoms with E-state index in [4.69, 9.17) is 9.47 Å². The molecule has 2 N–H and O–H groups in total. The normalized spacial score (nSPS) is 12.3. The maximum absolute atomic E-state index is 12.2. The van der Waals surface area contributed by atoms with E-state index in [1.54, 1.807) is 44.3 Å². The third-order valence-corrected chi connectivity index (χ3v) is 5.37. The van der Waals surface area contributed by atoms with Gasteiger partial charge in [-0.1, -0.05) is 42.5 Å². The first-order chi connectivity index (χ1) is 13.4. The van der Waals surface area contributed by atoms with Gasteiger partial charge in [-0.15, -0.1) is 5.10 Å². The van der Waals surface area contributed by atoms with Gasteiger partial charge in [0.1, 0.15) is 5.69 Å². The highest BCUT2D eigenvalue weighted by atomic mass is 31.2. The van der Waals surface area contributed by atoms with Crippen molar-refractivity contribution in [3.8, 4) is 16.9 Å². The minimum absolute atomic E-state index is 0.0774. The molecule has 0 saturated heterocycles. The van der Waals surface area contributed by atoms with Crippen LogP contribution in [0.3, 0.4) is 0 Å². The number of hydrogen-bond acceptors (Lipinski definition) is 5. The summed E-state index contributed by atoms with van der Waals surface area (Å²) in [7, 11) is -4.77. The second kappa shape index (κ2) is 8.34. The van der Waals surface area contributed by atoms with Gasteiger partial charge in [-0.25, -0.2) is 0 Å². The molecule has 3 rings (SSSR count). The third-order valence-electron chi connectivity index (χ3n) is 4.09. The van der Waals surface area contributed by atoms with Crippen LogP contribution in [0.25, 0.3) is 16.9 Å². The van der Waals surface area contributed by atoms with E-state index in [0.717, 1.165) is 11.3 Å². The second-order valence-electron chi connectivity index (χ2n) is 5.92. The number of aromatic nitrogens is 3. The molecule has 8 nitrogen and oxygen atoms in total. The number of nitrogens with zero attached hydrogens (tertiary/aromatic N) is 3. The Morgan fingerprint density at radius 2 is 1.61 bits per heavy atom. The standard InChI is InChI=1S/C19H22N3O5P/c1-3-26-19(27-4-2,28(23,24)25)16-10-12-17(13-11-16)22-20-14-18(21-22)15-8-6-5-7-9-15/h5-14H,3-4H2,1-2H3,(H2,23,24,25). The maximum Gasteiger partial charge on any atom is 0.389 e. The molecule has 1 heterocycles. The van der Waals surface area contributed by atoms with Crippen LogP contribution in [0, 0.1) is 0 Å². The number of hydrogen-bond donors (Lipinski definition) is 2. The van der Waals surface area contributed by atoms with E-state index in [-0.39, 0.29) is 18.8 Å². The smallest absolute Gasteiger partial charge is 0.337 e. The van der Waals surface area contributed by atoms with Gasteiger partial charge in [0.25, 0.3) is 5.53 Å². The van der Waals surface area contributed by atoms with Crippen LogP contribution in [0.1, 0.15) is 19.4 Å². The Labute approximate surface area is 162 Å². The Kier molecular flexibility index (Phi) is 6.07. The van der Waals surface area contributed by atoms with Crippen LogP contribution >= 0.6 is 7.60 Å². The Balaban J connectivity index is 1.94. The molecule has 0 bridgehead atoms. The number of rotatable bonds is 8. The van der Waals surface area contributed by atoms with E-state index in [0.29, 0.717) is 5.69 Å². The van der Waals surface area contributed by atoms with Crippen LogP contribution in [0.2, 0.25) is 0 Å². The van der Waals surface area contributed by atoms with Crippen molar-refractivity contribution >= 4 is 7.60 Å². The van der Waals surface area contributed by atoms with E-state index in [2.05, 4.69) is 10.2 Å². The van der Waals surface area contributed by atoms with Crippen molar-refractivity contribution in [1.82, 2.24) is 15.0 Å². The molecule has 0 aliphatic carbocycles. The predicted molar refractivity (Wildman–Crippen MR) is 104 cm³/mol. The number of ether oxygens (including phenoxy) is 2. The van der Waals surface area contributed by atoms with Gasteiger partial charge in [-0.2, -0.15) is 9.90 Å².